The van der Waals surface area contributed by atoms with Crippen LogP contribution in [0.5, 0.6) is 0 Å². The molecule has 0 radical (unpaired) electrons. The Morgan fingerprint density at radius 2 is 1.79 bits per heavy atom. The number of carbonyl (C=O) groups is 1. The fraction of sp³-hybridized carbons (Fsp3) is 0.357. The van der Waals surface area contributed by atoms with Crippen LogP contribution in [0.3, 0.4) is 0 Å². The molecule has 1 aliphatic heterocycles. The Hall–Kier alpha value is -1.81. The van der Waals surface area contributed by atoms with Gasteiger partial charge in [0.25, 0.3) is 5.56 Å². The maximum absolute atomic E-state index is 12.4. The van der Waals surface area contributed by atoms with Crippen LogP contribution < -0.4 is 10.5 Å². The molecule has 1 amide bonds. The van der Waals surface area contributed by atoms with Gasteiger partial charge >= 0.3 is 0 Å². The van der Waals surface area contributed by atoms with Crippen LogP contribution in [-0.2, 0) is 11.3 Å². The SMILES string of the molecule is O=C(Cn1ncc(Br)c(Br)c1=O)N1CCN(c2ncccn2)CC1. The number of amides is 1. The first kappa shape index (κ1) is 17.0. The fourth-order valence-electron chi connectivity index (χ4n) is 2.40. The first-order chi connectivity index (χ1) is 11.6. The largest absolute Gasteiger partial charge is 0.338 e. The molecule has 10 heteroatoms. The zero-order chi connectivity index (χ0) is 17.1. The van der Waals surface area contributed by atoms with E-state index in [0.717, 1.165) is 4.68 Å². The molecule has 0 saturated carbocycles. The van der Waals surface area contributed by atoms with Crippen LogP contribution in [0.1, 0.15) is 0 Å². The molecular weight excluding hydrogens is 444 g/mol. The smallest absolute Gasteiger partial charge is 0.282 e. The number of hydrogen-bond acceptors (Lipinski definition) is 6. The number of halogens is 2. The predicted molar refractivity (Wildman–Crippen MR) is 94.7 cm³/mol. The minimum absolute atomic E-state index is 0.0768. The highest BCUT2D eigenvalue weighted by Crippen LogP contribution is 2.16. The average molecular weight is 458 g/mol. The molecule has 126 valence electrons. The molecule has 2 aromatic rings. The average Bonchev–Trinajstić information content (AvgIpc) is 2.63. The van der Waals surface area contributed by atoms with Crippen LogP contribution in [0.2, 0.25) is 0 Å². The third-order valence-corrected chi connectivity index (χ3v) is 5.59. The summed E-state index contributed by atoms with van der Waals surface area (Å²) in [5, 5.41) is 3.99. The second-order valence-corrected chi connectivity index (χ2v) is 6.83. The molecule has 0 bridgehead atoms. The van der Waals surface area contributed by atoms with Gasteiger partial charge in [0.15, 0.2) is 0 Å². The summed E-state index contributed by atoms with van der Waals surface area (Å²) in [7, 11) is 0. The van der Waals surface area contributed by atoms with Crippen LogP contribution in [0.4, 0.5) is 5.95 Å². The summed E-state index contributed by atoms with van der Waals surface area (Å²) in [6.45, 7) is 2.35. The van der Waals surface area contributed by atoms with Crippen LogP contribution >= 0.6 is 31.9 Å². The van der Waals surface area contributed by atoms with E-state index in [-0.39, 0.29) is 18.0 Å². The van der Waals surface area contributed by atoms with Gasteiger partial charge in [-0.25, -0.2) is 14.6 Å². The Kier molecular flexibility index (Phi) is 5.24. The fourth-order valence-corrected chi connectivity index (χ4v) is 2.96. The zero-order valence-electron chi connectivity index (χ0n) is 12.6. The Bertz CT molecular complexity index is 790. The highest BCUT2D eigenvalue weighted by Gasteiger charge is 2.23. The van der Waals surface area contributed by atoms with Crippen molar-refractivity contribution in [3.63, 3.8) is 0 Å². The maximum atomic E-state index is 12.4. The normalized spacial score (nSPS) is 14.8. The van der Waals surface area contributed by atoms with Crippen LogP contribution in [0.15, 0.2) is 38.4 Å². The Morgan fingerprint density at radius 3 is 2.46 bits per heavy atom. The van der Waals surface area contributed by atoms with Crippen molar-refractivity contribution < 1.29 is 4.79 Å². The number of aromatic nitrogens is 4. The van der Waals surface area contributed by atoms with E-state index in [4.69, 9.17) is 0 Å². The lowest BCUT2D eigenvalue weighted by Crippen LogP contribution is -2.50. The van der Waals surface area contributed by atoms with E-state index < -0.39 is 0 Å². The molecule has 1 aliphatic rings. The second kappa shape index (κ2) is 7.39. The van der Waals surface area contributed by atoms with Gasteiger partial charge in [-0.05, 0) is 37.9 Å². The molecule has 0 N–H and O–H groups in total. The van der Waals surface area contributed by atoms with E-state index in [9.17, 15) is 9.59 Å². The van der Waals surface area contributed by atoms with E-state index in [1.54, 1.807) is 23.4 Å². The van der Waals surface area contributed by atoms with Gasteiger partial charge in [-0.1, -0.05) is 0 Å². The summed E-state index contributed by atoms with van der Waals surface area (Å²) in [6.07, 6.45) is 4.89. The number of nitrogens with zero attached hydrogens (tertiary/aromatic N) is 6. The number of anilines is 1. The van der Waals surface area contributed by atoms with E-state index in [1.807, 2.05) is 4.90 Å². The lowest BCUT2D eigenvalue weighted by Gasteiger charge is -2.34. The van der Waals surface area contributed by atoms with E-state index in [2.05, 4.69) is 46.9 Å². The summed E-state index contributed by atoms with van der Waals surface area (Å²) in [6, 6.07) is 1.77. The maximum Gasteiger partial charge on any atom is 0.282 e. The van der Waals surface area contributed by atoms with Crippen molar-refractivity contribution in [2.24, 2.45) is 0 Å². The first-order valence-electron chi connectivity index (χ1n) is 7.27. The van der Waals surface area contributed by atoms with Crippen molar-refractivity contribution in [2.75, 3.05) is 31.1 Å². The van der Waals surface area contributed by atoms with Crippen molar-refractivity contribution in [3.8, 4) is 0 Å². The molecule has 0 aromatic carbocycles. The Balaban J connectivity index is 1.62. The Labute approximate surface area is 154 Å². The predicted octanol–water partition coefficient (Wildman–Crippen LogP) is 0.907. The van der Waals surface area contributed by atoms with Gasteiger partial charge in [0, 0.05) is 38.6 Å². The molecule has 0 spiro atoms. The van der Waals surface area contributed by atoms with Gasteiger partial charge in [0.1, 0.15) is 11.0 Å². The second-order valence-electron chi connectivity index (χ2n) is 5.19. The minimum atomic E-state index is -0.339. The van der Waals surface area contributed by atoms with E-state index in [0.29, 0.717) is 41.1 Å². The number of rotatable bonds is 3. The minimum Gasteiger partial charge on any atom is -0.338 e. The highest BCUT2D eigenvalue weighted by molar-refractivity contribution is 9.13. The molecule has 0 unspecified atom stereocenters. The summed E-state index contributed by atoms with van der Waals surface area (Å²) in [4.78, 5) is 36.7. The van der Waals surface area contributed by atoms with Gasteiger partial charge in [0.05, 0.1) is 10.7 Å². The molecule has 8 nitrogen and oxygen atoms in total. The monoisotopic (exact) mass is 456 g/mol. The number of piperazine rings is 1. The quantitative estimate of drug-likeness (QED) is 0.681. The highest BCUT2D eigenvalue weighted by atomic mass is 79.9. The Morgan fingerprint density at radius 1 is 1.12 bits per heavy atom. The van der Waals surface area contributed by atoms with Crippen molar-refractivity contribution in [2.45, 2.75) is 6.54 Å². The number of hydrogen-bond donors (Lipinski definition) is 0. The zero-order valence-corrected chi connectivity index (χ0v) is 15.8. The third kappa shape index (κ3) is 3.64. The summed E-state index contributed by atoms with van der Waals surface area (Å²) in [5.41, 5.74) is -0.339. The molecule has 2 aromatic heterocycles. The van der Waals surface area contributed by atoms with Gasteiger partial charge in [0.2, 0.25) is 11.9 Å². The molecule has 1 fully saturated rings. The summed E-state index contributed by atoms with van der Waals surface area (Å²) in [5.74, 6) is 0.534. The van der Waals surface area contributed by atoms with Crippen LogP contribution in [-0.4, -0.2) is 56.7 Å². The molecule has 0 aliphatic carbocycles. The van der Waals surface area contributed by atoms with Crippen molar-refractivity contribution in [1.82, 2.24) is 24.6 Å². The standard InChI is InChI=1S/C14H14Br2N6O2/c15-10-8-19-22(13(24)12(10)16)9-11(23)20-4-6-21(7-5-20)14-17-2-1-3-18-14/h1-3,8H,4-7,9H2. The molecule has 24 heavy (non-hydrogen) atoms. The van der Waals surface area contributed by atoms with Crippen molar-refractivity contribution in [1.29, 1.82) is 0 Å². The van der Waals surface area contributed by atoms with Gasteiger partial charge < -0.3 is 9.80 Å². The van der Waals surface area contributed by atoms with Gasteiger partial charge in [-0.2, -0.15) is 5.10 Å². The lowest BCUT2D eigenvalue weighted by atomic mass is 10.3. The van der Waals surface area contributed by atoms with E-state index in [1.165, 1.54) is 6.20 Å². The summed E-state index contributed by atoms with van der Waals surface area (Å²) < 4.78 is 2.08. The summed E-state index contributed by atoms with van der Waals surface area (Å²) >= 11 is 6.40. The van der Waals surface area contributed by atoms with Crippen LogP contribution in [0.25, 0.3) is 0 Å². The van der Waals surface area contributed by atoms with Crippen LogP contribution in [0, 0.1) is 0 Å². The molecule has 0 atom stereocenters. The van der Waals surface area contributed by atoms with Gasteiger partial charge in [-0.3, -0.25) is 9.59 Å². The van der Waals surface area contributed by atoms with Crippen molar-refractivity contribution >= 4 is 43.7 Å². The van der Waals surface area contributed by atoms with Crippen molar-refractivity contribution in [3.05, 3.63) is 44.0 Å². The van der Waals surface area contributed by atoms with Gasteiger partial charge in [-0.15, -0.1) is 0 Å². The first-order valence-corrected chi connectivity index (χ1v) is 8.85. The van der Waals surface area contributed by atoms with E-state index >= 15 is 0 Å². The molecule has 3 rings (SSSR count). The lowest BCUT2D eigenvalue weighted by molar-refractivity contribution is -0.132. The third-order valence-electron chi connectivity index (χ3n) is 3.69. The molecule has 1 saturated heterocycles. The molecular formula is C14H14Br2N6O2. The topological polar surface area (TPSA) is 84.2 Å². The number of carbonyl (C=O) groups excluding carboxylic acids is 1. The molecule has 3 heterocycles.